The van der Waals surface area contributed by atoms with E-state index >= 15 is 0 Å². The number of likely N-dealkylation sites (N-methyl/N-ethyl adjacent to an activating group) is 1. The standard InChI is InChI=1S/C25H26ClN3O3.ClH/c1-3-28(4-2)12-13-29-21-15-17(23(27)30)14-20(26)22(21)25(32,24(29)31)19-11-7-9-16-8-5-6-10-18(16)19;/h5-11,14-15,32H,3-4,12-13H2,1-2H3,(H2,27,30);1H. The number of amides is 2. The molecule has 0 spiro atoms. The second-order valence-electron chi connectivity index (χ2n) is 7.94. The Morgan fingerprint density at radius 2 is 1.79 bits per heavy atom. The molecule has 1 unspecified atom stereocenters. The number of hydrogen-bond donors (Lipinski definition) is 2. The van der Waals surface area contributed by atoms with E-state index in [9.17, 15) is 14.7 Å². The van der Waals surface area contributed by atoms with Crippen molar-refractivity contribution in [2.45, 2.75) is 19.4 Å². The van der Waals surface area contributed by atoms with Gasteiger partial charge in [0.15, 0.2) is 5.60 Å². The molecule has 1 aliphatic heterocycles. The predicted octanol–water partition coefficient (Wildman–Crippen LogP) is 3.94. The van der Waals surface area contributed by atoms with Gasteiger partial charge in [-0.3, -0.25) is 9.59 Å². The number of hydrogen-bond acceptors (Lipinski definition) is 4. The molecule has 2 amide bonds. The fourth-order valence-corrected chi connectivity index (χ4v) is 4.86. The molecule has 0 saturated carbocycles. The van der Waals surface area contributed by atoms with Gasteiger partial charge in [-0.05, 0) is 36.0 Å². The normalized spacial score (nSPS) is 17.4. The van der Waals surface area contributed by atoms with Crippen molar-refractivity contribution in [3.8, 4) is 0 Å². The summed E-state index contributed by atoms with van der Waals surface area (Å²) in [6.07, 6.45) is 0. The number of nitrogens with zero attached hydrogens (tertiary/aromatic N) is 2. The van der Waals surface area contributed by atoms with Gasteiger partial charge in [0.2, 0.25) is 5.91 Å². The minimum absolute atomic E-state index is 0. The third-order valence-corrected chi connectivity index (χ3v) is 6.57. The van der Waals surface area contributed by atoms with Gasteiger partial charge in [0.1, 0.15) is 0 Å². The number of fused-ring (bicyclic) bond motifs is 2. The van der Waals surface area contributed by atoms with Gasteiger partial charge in [0.25, 0.3) is 5.91 Å². The monoisotopic (exact) mass is 487 g/mol. The maximum atomic E-state index is 13.8. The Kier molecular flexibility index (Phi) is 7.34. The molecule has 3 aromatic carbocycles. The third kappa shape index (κ3) is 4.08. The van der Waals surface area contributed by atoms with Gasteiger partial charge in [-0.25, -0.2) is 0 Å². The molecular weight excluding hydrogens is 461 g/mol. The maximum Gasteiger partial charge on any atom is 0.268 e. The molecule has 0 fully saturated rings. The Labute approximate surface area is 204 Å². The average molecular weight is 488 g/mol. The van der Waals surface area contributed by atoms with Crippen LogP contribution in [0.25, 0.3) is 10.8 Å². The van der Waals surface area contributed by atoms with Crippen LogP contribution < -0.4 is 10.6 Å². The Hall–Kier alpha value is -2.64. The summed E-state index contributed by atoms with van der Waals surface area (Å²) in [5.41, 5.74) is 4.87. The van der Waals surface area contributed by atoms with Crippen LogP contribution in [0.5, 0.6) is 0 Å². The quantitative estimate of drug-likeness (QED) is 0.528. The van der Waals surface area contributed by atoms with Gasteiger partial charge in [-0.1, -0.05) is 67.9 Å². The summed E-state index contributed by atoms with van der Waals surface area (Å²) < 4.78 is 0. The molecule has 6 nitrogen and oxygen atoms in total. The van der Waals surface area contributed by atoms with Crippen molar-refractivity contribution in [2.75, 3.05) is 31.1 Å². The van der Waals surface area contributed by atoms with Crippen molar-refractivity contribution in [1.82, 2.24) is 4.90 Å². The summed E-state index contributed by atoms with van der Waals surface area (Å²) >= 11 is 6.60. The topological polar surface area (TPSA) is 86.9 Å². The summed E-state index contributed by atoms with van der Waals surface area (Å²) in [7, 11) is 0. The number of halogens is 2. The van der Waals surface area contributed by atoms with Crippen LogP contribution in [-0.4, -0.2) is 48.0 Å². The van der Waals surface area contributed by atoms with Crippen molar-refractivity contribution in [3.05, 3.63) is 76.3 Å². The lowest BCUT2D eigenvalue weighted by molar-refractivity contribution is -0.132. The summed E-state index contributed by atoms with van der Waals surface area (Å²) in [4.78, 5) is 29.4. The van der Waals surface area contributed by atoms with Crippen LogP contribution in [0.3, 0.4) is 0 Å². The van der Waals surface area contributed by atoms with E-state index in [1.807, 2.05) is 36.4 Å². The van der Waals surface area contributed by atoms with E-state index in [1.165, 1.54) is 11.0 Å². The molecule has 0 aliphatic carbocycles. The molecule has 0 bridgehead atoms. The lowest BCUT2D eigenvalue weighted by Crippen LogP contribution is -2.44. The number of rotatable bonds is 7. The lowest BCUT2D eigenvalue weighted by atomic mass is 9.84. The highest BCUT2D eigenvalue weighted by molar-refractivity contribution is 6.34. The molecule has 174 valence electrons. The van der Waals surface area contributed by atoms with Gasteiger partial charge in [-0.15, -0.1) is 12.4 Å². The molecule has 8 heteroatoms. The minimum Gasteiger partial charge on any atom is -0.372 e. The van der Waals surface area contributed by atoms with E-state index in [4.69, 9.17) is 17.3 Å². The first kappa shape index (κ1) is 25.0. The highest BCUT2D eigenvalue weighted by Crippen LogP contribution is 2.49. The molecule has 1 atom stereocenters. The number of aliphatic hydroxyl groups is 1. The van der Waals surface area contributed by atoms with Gasteiger partial charge >= 0.3 is 0 Å². The van der Waals surface area contributed by atoms with Gasteiger partial charge in [0.05, 0.1) is 10.7 Å². The van der Waals surface area contributed by atoms with Crippen LogP contribution in [0.2, 0.25) is 5.02 Å². The second-order valence-corrected chi connectivity index (χ2v) is 8.34. The molecule has 1 aliphatic rings. The van der Waals surface area contributed by atoms with Crippen molar-refractivity contribution in [3.63, 3.8) is 0 Å². The molecule has 33 heavy (non-hydrogen) atoms. The Morgan fingerprint density at radius 1 is 1.12 bits per heavy atom. The van der Waals surface area contributed by atoms with Crippen molar-refractivity contribution in [2.24, 2.45) is 5.73 Å². The number of nitrogens with two attached hydrogens (primary N) is 1. The number of benzene rings is 3. The Morgan fingerprint density at radius 3 is 2.45 bits per heavy atom. The zero-order valence-electron chi connectivity index (χ0n) is 18.5. The summed E-state index contributed by atoms with van der Waals surface area (Å²) in [5.74, 6) is -1.13. The first-order valence-corrected chi connectivity index (χ1v) is 11.1. The van der Waals surface area contributed by atoms with E-state index < -0.39 is 17.4 Å². The van der Waals surface area contributed by atoms with E-state index in [0.29, 0.717) is 24.3 Å². The largest absolute Gasteiger partial charge is 0.372 e. The highest BCUT2D eigenvalue weighted by atomic mass is 35.5. The first-order chi connectivity index (χ1) is 15.3. The highest BCUT2D eigenvalue weighted by Gasteiger charge is 2.53. The van der Waals surface area contributed by atoms with Crippen LogP contribution in [-0.2, 0) is 10.4 Å². The molecule has 3 N–H and O–H groups in total. The van der Waals surface area contributed by atoms with Crippen LogP contribution >= 0.6 is 24.0 Å². The van der Waals surface area contributed by atoms with Gasteiger partial charge in [-0.2, -0.15) is 0 Å². The zero-order chi connectivity index (χ0) is 23.0. The molecule has 0 saturated heterocycles. The SMILES string of the molecule is CCN(CC)CCN1C(=O)C(O)(c2cccc3ccccc23)c2c(Cl)cc(C(N)=O)cc21.Cl. The minimum atomic E-state index is -1.98. The predicted molar refractivity (Wildman–Crippen MR) is 134 cm³/mol. The fraction of sp³-hybridized carbons (Fsp3) is 0.280. The molecule has 0 radical (unpaired) electrons. The number of primary amides is 1. The van der Waals surface area contributed by atoms with Crippen LogP contribution in [0.15, 0.2) is 54.6 Å². The molecule has 4 rings (SSSR count). The Bertz CT molecular complexity index is 1210. The van der Waals surface area contributed by atoms with Gasteiger partial charge in [0, 0.05) is 29.8 Å². The van der Waals surface area contributed by atoms with Crippen LogP contribution in [0.4, 0.5) is 5.69 Å². The molecule has 1 heterocycles. The van der Waals surface area contributed by atoms with E-state index in [-0.39, 0.29) is 28.6 Å². The van der Waals surface area contributed by atoms with E-state index in [0.717, 1.165) is 23.9 Å². The van der Waals surface area contributed by atoms with Crippen molar-refractivity contribution in [1.29, 1.82) is 0 Å². The number of carbonyl (C=O) groups is 2. The fourth-order valence-electron chi connectivity index (χ4n) is 4.51. The van der Waals surface area contributed by atoms with E-state index in [2.05, 4.69) is 18.7 Å². The summed E-state index contributed by atoms with van der Waals surface area (Å²) in [5, 5.41) is 13.8. The second kappa shape index (κ2) is 9.69. The summed E-state index contributed by atoms with van der Waals surface area (Å²) in [6.45, 7) is 6.74. The number of anilines is 1. The molecular formula is C25H27Cl2N3O3. The lowest BCUT2D eigenvalue weighted by Gasteiger charge is -2.27. The molecule has 3 aromatic rings. The van der Waals surface area contributed by atoms with Crippen molar-refractivity contribution >= 4 is 52.3 Å². The van der Waals surface area contributed by atoms with Gasteiger partial charge < -0.3 is 20.6 Å². The van der Waals surface area contributed by atoms with Crippen molar-refractivity contribution < 1.29 is 14.7 Å². The third-order valence-electron chi connectivity index (χ3n) is 6.27. The maximum absolute atomic E-state index is 13.8. The number of carbonyl (C=O) groups excluding carboxylic acids is 2. The first-order valence-electron chi connectivity index (χ1n) is 10.7. The zero-order valence-corrected chi connectivity index (χ0v) is 20.1. The van der Waals surface area contributed by atoms with Crippen LogP contribution in [0.1, 0.15) is 35.3 Å². The Balaban J connectivity index is 0.00000306. The van der Waals surface area contributed by atoms with E-state index in [1.54, 1.807) is 12.1 Å². The smallest absolute Gasteiger partial charge is 0.268 e. The molecule has 0 aromatic heterocycles. The van der Waals surface area contributed by atoms with Crippen LogP contribution in [0, 0.1) is 0 Å². The summed E-state index contributed by atoms with van der Waals surface area (Å²) in [6, 6.07) is 16.0. The average Bonchev–Trinajstić information content (AvgIpc) is 3.01.